The second-order valence-electron chi connectivity index (χ2n) is 6.01. The molecule has 2 heterocycles. The monoisotopic (exact) mass is 233 g/mol. The molecule has 1 aromatic rings. The molecule has 17 heavy (non-hydrogen) atoms. The molecule has 0 saturated carbocycles. The highest BCUT2D eigenvalue weighted by molar-refractivity contribution is 5.54. The Morgan fingerprint density at radius 3 is 1.82 bits per heavy atom. The second kappa shape index (κ2) is 4.28. The molecule has 3 heteroatoms. The van der Waals surface area contributed by atoms with Crippen LogP contribution < -0.4 is 4.90 Å². The van der Waals surface area contributed by atoms with Crippen LogP contribution in [-0.4, -0.2) is 23.1 Å². The lowest BCUT2D eigenvalue weighted by atomic mass is 9.95. The van der Waals surface area contributed by atoms with Gasteiger partial charge in [0.1, 0.15) is 5.82 Å². The Kier molecular flexibility index (Phi) is 3.11. The molecule has 0 unspecified atom stereocenters. The zero-order chi connectivity index (χ0) is 12.6. The van der Waals surface area contributed by atoms with Crippen LogP contribution in [0.25, 0.3) is 0 Å². The van der Waals surface area contributed by atoms with Gasteiger partial charge in [0, 0.05) is 18.5 Å². The molecule has 1 fully saturated rings. The third-order valence-corrected chi connectivity index (χ3v) is 3.33. The normalized spacial score (nSPS) is 16.6. The summed E-state index contributed by atoms with van der Waals surface area (Å²) in [6.45, 7) is 13.0. The highest BCUT2D eigenvalue weighted by Gasteiger charge is 2.23. The van der Waals surface area contributed by atoms with Gasteiger partial charge < -0.3 is 4.90 Å². The summed E-state index contributed by atoms with van der Waals surface area (Å²) in [7, 11) is 0. The van der Waals surface area contributed by atoms with Crippen LogP contribution in [0.3, 0.4) is 0 Å². The van der Waals surface area contributed by atoms with E-state index in [0.29, 0.717) is 0 Å². The van der Waals surface area contributed by atoms with Crippen molar-refractivity contribution in [1.82, 2.24) is 9.97 Å². The molecule has 1 saturated heterocycles. The molecule has 0 spiro atoms. The minimum absolute atomic E-state index is 0.0268. The Balaban J connectivity index is 2.42. The van der Waals surface area contributed by atoms with Crippen molar-refractivity contribution in [3.63, 3.8) is 0 Å². The summed E-state index contributed by atoms with van der Waals surface area (Å²) in [6.07, 6.45) is 2.58. The first-order valence-electron chi connectivity index (χ1n) is 6.50. The van der Waals surface area contributed by atoms with Crippen LogP contribution in [0.5, 0.6) is 0 Å². The number of aromatic nitrogens is 2. The van der Waals surface area contributed by atoms with Crippen molar-refractivity contribution in [1.29, 1.82) is 0 Å². The zero-order valence-corrected chi connectivity index (χ0v) is 11.7. The molecule has 1 aromatic heterocycles. The van der Waals surface area contributed by atoms with Crippen molar-refractivity contribution < 1.29 is 0 Å². The largest absolute Gasteiger partial charge is 0.369 e. The molecule has 0 aromatic carbocycles. The van der Waals surface area contributed by atoms with E-state index in [0.717, 1.165) is 30.3 Å². The first-order chi connectivity index (χ1) is 7.89. The molecule has 1 aliphatic heterocycles. The summed E-state index contributed by atoms with van der Waals surface area (Å²) in [4.78, 5) is 11.8. The number of hydrogen-bond donors (Lipinski definition) is 0. The van der Waals surface area contributed by atoms with E-state index < -0.39 is 0 Å². The molecule has 0 N–H and O–H groups in total. The van der Waals surface area contributed by atoms with Crippen LogP contribution >= 0.6 is 0 Å². The van der Waals surface area contributed by atoms with E-state index in [1.807, 2.05) is 0 Å². The highest BCUT2D eigenvalue weighted by Crippen LogP contribution is 2.28. The fourth-order valence-electron chi connectivity index (χ4n) is 2.44. The molecule has 94 valence electrons. The molecule has 2 rings (SSSR count). The summed E-state index contributed by atoms with van der Waals surface area (Å²) < 4.78 is 0. The van der Waals surface area contributed by atoms with Crippen molar-refractivity contribution in [2.45, 2.75) is 52.9 Å². The zero-order valence-electron chi connectivity index (χ0n) is 11.7. The molecule has 0 amide bonds. The number of aryl methyl sites for hydroxylation is 2. The van der Waals surface area contributed by atoms with E-state index in [-0.39, 0.29) is 5.41 Å². The Labute approximate surface area is 104 Å². The lowest BCUT2D eigenvalue weighted by molar-refractivity contribution is 0.540. The molecule has 3 nitrogen and oxygen atoms in total. The molecular weight excluding hydrogens is 210 g/mol. The Hall–Kier alpha value is -1.12. The van der Waals surface area contributed by atoms with Crippen molar-refractivity contribution >= 4 is 5.69 Å². The summed E-state index contributed by atoms with van der Waals surface area (Å²) in [5.74, 6) is 0.954. The van der Waals surface area contributed by atoms with Crippen LogP contribution in [-0.2, 0) is 5.41 Å². The third kappa shape index (κ3) is 2.43. The van der Waals surface area contributed by atoms with E-state index in [9.17, 15) is 0 Å². The van der Waals surface area contributed by atoms with Gasteiger partial charge in [0.15, 0.2) is 0 Å². The highest BCUT2D eigenvalue weighted by atomic mass is 15.2. The van der Waals surface area contributed by atoms with Crippen LogP contribution in [0.4, 0.5) is 5.69 Å². The van der Waals surface area contributed by atoms with Gasteiger partial charge >= 0.3 is 0 Å². The van der Waals surface area contributed by atoms with Gasteiger partial charge in [0.05, 0.1) is 17.1 Å². The number of nitrogens with zero attached hydrogens (tertiary/aromatic N) is 3. The molecule has 0 radical (unpaired) electrons. The molecule has 0 bridgehead atoms. The number of hydrogen-bond acceptors (Lipinski definition) is 3. The van der Waals surface area contributed by atoms with Gasteiger partial charge in [0.2, 0.25) is 0 Å². The number of anilines is 1. The van der Waals surface area contributed by atoms with Gasteiger partial charge in [-0.05, 0) is 26.7 Å². The summed E-state index contributed by atoms with van der Waals surface area (Å²) in [5, 5.41) is 0. The Bertz CT molecular complexity index is 389. The number of rotatable bonds is 1. The lowest BCUT2D eigenvalue weighted by Gasteiger charge is -2.24. The average Bonchev–Trinajstić information content (AvgIpc) is 2.68. The summed E-state index contributed by atoms with van der Waals surface area (Å²) in [5.41, 5.74) is 3.54. The quantitative estimate of drug-likeness (QED) is 0.746. The van der Waals surface area contributed by atoms with Crippen molar-refractivity contribution in [2.75, 3.05) is 18.0 Å². The lowest BCUT2D eigenvalue weighted by Crippen LogP contribution is -2.24. The molecular formula is C14H23N3. The van der Waals surface area contributed by atoms with Crippen molar-refractivity contribution in [3.8, 4) is 0 Å². The maximum absolute atomic E-state index is 4.70. The minimum Gasteiger partial charge on any atom is -0.369 e. The van der Waals surface area contributed by atoms with Gasteiger partial charge in [-0.1, -0.05) is 20.8 Å². The van der Waals surface area contributed by atoms with E-state index in [2.05, 4.69) is 39.5 Å². The Morgan fingerprint density at radius 2 is 1.41 bits per heavy atom. The van der Waals surface area contributed by atoms with E-state index >= 15 is 0 Å². The summed E-state index contributed by atoms with van der Waals surface area (Å²) >= 11 is 0. The van der Waals surface area contributed by atoms with Crippen LogP contribution in [0.15, 0.2) is 0 Å². The van der Waals surface area contributed by atoms with Crippen molar-refractivity contribution in [2.24, 2.45) is 0 Å². The van der Waals surface area contributed by atoms with Crippen LogP contribution in [0.2, 0.25) is 0 Å². The van der Waals surface area contributed by atoms with Crippen LogP contribution in [0.1, 0.15) is 50.8 Å². The van der Waals surface area contributed by atoms with E-state index in [1.54, 1.807) is 0 Å². The minimum atomic E-state index is 0.0268. The first kappa shape index (κ1) is 12.3. The predicted octanol–water partition coefficient (Wildman–Crippen LogP) is 2.99. The average molecular weight is 233 g/mol. The van der Waals surface area contributed by atoms with Gasteiger partial charge in [-0.25, -0.2) is 9.97 Å². The van der Waals surface area contributed by atoms with Crippen molar-refractivity contribution in [3.05, 3.63) is 17.2 Å². The predicted molar refractivity (Wildman–Crippen MR) is 71.7 cm³/mol. The van der Waals surface area contributed by atoms with Gasteiger partial charge in [0.25, 0.3) is 0 Å². The smallest absolute Gasteiger partial charge is 0.134 e. The van der Waals surface area contributed by atoms with Gasteiger partial charge in [-0.2, -0.15) is 0 Å². The van der Waals surface area contributed by atoms with Crippen LogP contribution in [0, 0.1) is 13.8 Å². The van der Waals surface area contributed by atoms with E-state index in [4.69, 9.17) is 9.97 Å². The molecule has 0 atom stereocenters. The SMILES string of the molecule is Cc1nc(C(C)(C)C)nc(C)c1N1CCCC1. The van der Waals surface area contributed by atoms with Gasteiger partial charge in [-0.3, -0.25) is 0 Å². The maximum atomic E-state index is 4.70. The topological polar surface area (TPSA) is 29.0 Å². The summed E-state index contributed by atoms with van der Waals surface area (Å²) in [6, 6.07) is 0. The fourth-order valence-corrected chi connectivity index (χ4v) is 2.44. The molecule has 0 aliphatic carbocycles. The Morgan fingerprint density at radius 1 is 0.941 bits per heavy atom. The standard InChI is InChI=1S/C14H23N3/c1-10-12(17-8-6-7-9-17)11(2)16-13(15-10)14(3,4)5/h6-9H2,1-5H3. The fraction of sp³-hybridized carbons (Fsp3) is 0.714. The van der Waals surface area contributed by atoms with E-state index in [1.165, 1.54) is 18.5 Å². The first-order valence-corrected chi connectivity index (χ1v) is 6.50. The maximum Gasteiger partial charge on any atom is 0.134 e. The second-order valence-corrected chi connectivity index (χ2v) is 6.01. The molecule has 1 aliphatic rings. The third-order valence-electron chi connectivity index (χ3n) is 3.33. The van der Waals surface area contributed by atoms with Gasteiger partial charge in [-0.15, -0.1) is 0 Å².